The third-order valence-electron chi connectivity index (χ3n) is 5.32. The van der Waals surface area contributed by atoms with E-state index in [1.165, 1.54) is 11.7 Å². The molecule has 1 saturated carbocycles. The molecule has 0 bridgehead atoms. The van der Waals surface area contributed by atoms with Crippen molar-refractivity contribution in [2.24, 2.45) is 4.99 Å². The lowest BCUT2D eigenvalue weighted by Gasteiger charge is -2.25. The summed E-state index contributed by atoms with van der Waals surface area (Å²) in [7, 11) is 3.08. The third kappa shape index (κ3) is 4.21. The highest BCUT2D eigenvalue weighted by molar-refractivity contribution is 6.03. The number of ether oxygens (including phenoxy) is 2. The van der Waals surface area contributed by atoms with Crippen molar-refractivity contribution in [3.8, 4) is 17.4 Å². The first-order valence-corrected chi connectivity index (χ1v) is 9.87. The van der Waals surface area contributed by atoms with E-state index in [0.717, 1.165) is 32.1 Å². The molecule has 2 aromatic rings. The predicted molar refractivity (Wildman–Crippen MR) is 111 cm³/mol. The maximum Gasteiger partial charge on any atom is 0.331 e. The van der Waals surface area contributed by atoms with Gasteiger partial charge in [0, 0.05) is 12.1 Å². The number of hydrogen-bond acceptors (Lipinski definition) is 6. The fourth-order valence-corrected chi connectivity index (χ4v) is 3.81. The summed E-state index contributed by atoms with van der Waals surface area (Å²) < 4.78 is 11.9. The fraction of sp³-hybridized carbons (Fsp3) is 0.476. The van der Waals surface area contributed by atoms with Crippen molar-refractivity contribution < 1.29 is 14.6 Å². The van der Waals surface area contributed by atoms with Gasteiger partial charge in [-0.25, -0.2) is 9.79 Å². The summed E-state index contributed by atoms with van der Waals surface area (Å²) in [6, 6.07) is 5.02. The summed E-state index contributed by atoms with van der Waals surface area (Å²) in [6.45, 7) is 1.84. The van der Waals surface area contributed by atoms with Crippen LogP contribution in [-0.2, 0) is 0 Å². The Balaban J connectivity index is 2.14. The van der Waals surface area contributed by atoms with Gasteiger partial charge < -0.3 is 14.6 Å². The van der Waals surface area contributed by atoms with Crippen LogP contribution in [0.3, 0.4) is 0 Å². The number of hydrogen-bond donors (Lipinski definition) is 2. The summed E-state index contributed by atoms with van der Waals surface area (Å²) in [6.07, 6.45) is 5.06. The van der Waals surface area contributed by atoms with E-state index in [-0.39, 0.29) is 17.5 Å². The highest BCUT2D eigenvalue weighted by Gasteiger charge is 2.25. The molecule has 0 unspecified atom stereocenters. The summed E-state index contributed by atoms with van der Waals surface area (Å²) in [5.41, 5.74) is -0.333. The first kappa shape index (κ1) is 20.7. The first-order chi connectivity index (χ1) is 14.0. The van der Waals surface area contributed by atoms with Gasteiger partial charge in [-0.05, 0) is 31.4 Å². The number of aromatic nitrogens is 2. The van der Waals surface area contributed by atoms with Gasteiger partial charge in [-0.15, -0.1) is 0 Å². The van der Waals surface area contributed by atoms with Crippen LogP contribution < -0.4 is 20.7 Å². The molecule has 0 aliphatic heterocycles. The van der Waals surface area contributed by atoms with Gasteiger partial charge in [0.15, 0.2) is 0 Å². The molecule has 0 spiro atoms. The average Bonchev–Trinajstić information content (AvgIpc) is 2.73. The Morgan fingerprint density at radius 1 is 1.21 bits per heavy atom. The van der Waals surface area contributed by atoms with E-state index in [2.05, 4.69) is 9.98 Å². The van der Waals surface area contributed by atoms with Crippen LogP contribution in [0.2, 0.25) is 0 Å². The second-order valence-corrected chi connectivity index (χ2v) is 7.07. The van der Waals surface area contributed by atoms with Crippen LogP contribution in [0.1, 0.15) is 57.1 Å². The van der Waals surface area contributed by atoms with E-state index in [9.17, 15) is 14.7 Å². The molecule has 0 saturated heterocycles. The Kier molecular flexibility index (Phi) is 6.41. The quantitative estimate of drug-likeness (QED) is 0.723. The SMILES string of the molecule is CCC(=Nc1ccc(OC)cc1OC)c1c(O)n(C2CCCCC2)c(=O)[nH]c1=O. The summed E-state index contributed by atoms with van der Waals surface area (Å²) >= 11 is 0. The molecule has 0 atom stereocenters. The molecule has 1 aromatic heterocycles. The number of H-pyrrole nitrogens is 1. The smallest absolute Gasteiger partial charge is 0.331 e. The van der Waals surface area contributed by atoms with Gasteiger partial charge in [0.05, 0.1) is 19.9 Å². The Morgan fingerprint density at radius 3 is 2.55 bits per heavy atom. The number of aromatic hydroxyl groups is 1. The molecule has 0 radical (unpaired) electrons. The van der Waals surface area contributed by atoms with Crippen LogP contribution in [0, 0.1) is 0 Å². The van der Waals surface area contributed by atoms with Crippen molar-refractivity contribution in [3.63, 3.8) is 0 Å². The molecule has 0 amide bonds. The monoisotopic (exact) mass is 401 g/mol. The molecule has 2 N–H and O–H groups in total. The van der Waals surface area contributed by atoms with E-state index in [4.69, 9.17) is 9.47 Å². The maximum atomic E-state index is 12.6. The van der Waals surface area contributed by atoms with Crippen LogP contribution in [0.5, 0.6) is 17.4 Å². The molecule has 1 fully saturated rings. The maximum absolute atomic E-state index is 12.6. The minimum atomic E-state index is -0.646. The van der Waals surface area contributed by atoms with Gasteiger partial charge in [0.1, 0.15) is 22.7 Å². The molecule has 156 valence electrons. The van der Waals surface area contributed by atoms with Crippen molar-refractivity contribution in [2.45, 2.75) is 51.5 Å². The summed E-state index contributed by atoms with van der Waals surface area (Å²) in [5, 5.41) is 10.9. The number of benzene rings is 1. The van der Waals surface area contributed by atoms with Crippen LogP contribution in [0.4, 0.5) is 5.69 Å². The zero-order valence-corrected chi connectivity index (χ0v) is 17.0. The normalized spacial score (nSPS) is 15.3. The second kappa shape index (κ2) is 8.98. The number of nitrogens with one attached hydrogen (secondary N) is 1. The summed E-state index contributed by atoms with van der Waals surface area (Å²) in [5.74, 6) is 0.774. The molecule has 3 rings (SSSR count). The van der Waals surface area contributed by atoms with Crippen LogP contribution in [0.25, 0.3) is 0 Å². The number of aromatic amines is 1. The highest BCUT2D eigenvalue weighted by atomic mass is 16.5. The lowest BCUT2D eigenvalue weighted by atomic mass is 9.95. The van der Waals surface area contributed by atoms with Crippen molar-refractivity contribution in [1.29, 1.82) is 0 Å². The standard InChI is InChI=1S/C21H27N3O5/c1-4-15(22-16-11-10-14(28-2)12-17(16)29-3)18-19(25)23-21(27)24(20(18)26)13-8-6-5-7-9-13/h10-13,26H,4-9H2,1-3H3,(H,23,25,27). The Labute approximate surface area is 168 Å². The summed E-state index contributed by atoms with van der Waals surface area (Å²) in [4.78, 5) is 31.9. The van der Waals surface area contributed by atoms with Crippen LogP contribution in [0.15, 0.2) is 32.8 Å². The molecular weight excluding hydrogens is 374 g/mol. The van der Waals surface area contributed by atoms with Crippen LogP contribution >= 0.6 is 0 Å². The molecule has 1 heterocycles. The van der Waals surface area contributed by atoms with Crippen LogP contribution in [-0.4, -0.2) is 34.6 Å². The van der Waals surface area contributed by atoms with Gasteiger partial charge in [0.2, 0.25) is 5.88 Å². The minimum absolute atomic E-state index is 0.0237. The largest absolute Gasteiger partial charge is 0.497 e. The lowest BCUT2D eigenvalue weighted by molar-refractivity contribution is 0.298. The molecule has 29 heavy (non-hydrogen) atoms. The van der Waals surface area contributed by atoms with Crippen molar-refractivity contribution in [1.82, 2.24) is 9.55 Å². The first-order valence-electron chi connectivity index (χ1n) is 9.87. The molecular formula is C21H27N3O5. The zero-order valence-electron chi connectivity index (χ0n) is 17.0. The lowest BCUT2D eigenvalue weighted by Crippen LogP contribution is -2.36. The average molecular weight is 401 g/mol. The van der Waals surface area contributed by atoms with Gasteiger partial charge in [-0.2, -0.15) is 0 Å². The molecule has 1 aliphatic carbocycles. The van der Waals surface area contributed by atoms with Gasteiger partial charge in [-0.3, -0.25) is 14.3 Å². The van der Waals surface area contributed by atoms with Gasteiger partial charge in [-0.1, -0.05) is 26.2 Å². The molecule has 8 heteroatoms. The number of aliphatic imine (C=N–C) groups is 1. The topological polar surface area (TPSA) is 106 Å². The third-order valence-corrected chi connectivity index (χ3v) is 5.32. The van der Waals surface area contributed by atoms with Crippen molar-refractivity contribution >= 4 is 11.4 Å². The second-order valence-electron chi connectivity index (χ2n) is 7.07. The van der Waals surface area contributed by atoms with E-state index in [1.54, 1.807) is 25.3 Å². The van der Waals surface area contributed by atoms with E-state index in [1.807, 2.05) is 6.92 Å². The van der Waals surface area contributed by atoms with Crippen molar-refractivity contribution in [2.75, 3.05) is 14.2 Å². The molecule has 1 aliphatic rings. The number of methoxy groups -OCH3 is 2. The van der Waals surface area contributed by atoms with Gasteiger partial charge >= 0.3 is 5.69 Å². The minimum Gasteiger partial charge on any atom is -0.497 e. The number of rotatable bonds is 6. The van der Waals surface area contributed by atoms with E-state index in [0.29, 0.717) is 29.3 Å². The molecule has 1 aromatic carbocycles. The van der Waals surface area contributed by atoms with Gasteiger partial charge in [0.25, 0.3) is 5.56 Å². The van der Waals surface area contributed by atoms with E-state index < -0.39 is 11.2 Å². The Morgan fingerprint density at radius 2 is 1.93 bits per heavy atom. The highest BCUT2D eigenvalue weighted by Crippen LogP contribution is 2.34. The number of nitrogens with zero attached hydrogens (tertiary/aromatic N) is 2. The Hall–Kier alpha value is -3.03. The Bertz CT molecular complexity index is 1020. The fourth-order valence-electron chi connectivity index (χ4n) is 3.81. The zero-order chi connectivity index (χ0) is 21.0. The van der Waals surface area contributed by atoms with E-state index >= 15 is 0 Å². The molecule has 8 nitrogen and oxygen atoms in total. The van der Waals surface area contributed by atoms with Crippen molar-refractivity contribution in [3.05, 3.63) is 44.6 Å². The predicted octanol–water partition coefficient (Wildman–Crippen LogP) is 3.30.